The minimum absolute atomic E-state index is 0.543. The molecule has 0 amide bonds. The van der Waals surface area contributed by atoms with Crippen molar-refractivity contribution < 1.29 is 17.7 Å². The number of benzene rings is 3. The van der Waals surface area contributed by atoms with Gasteiger partial charge in [-0.05, 0) is 29.3 Å². The fourth-order valence-corrected chi connectivity index (χ4v) is 6.32. The van der Waals surface area contributed by atoms with Crippen molar-refractivity contribution in [1.29, 1.82) is 0 Å². The normalized spacial score (nSPS) is 19.1. The molecule has 1 aliphatic rings. The maximum atomic E-state index is 14.2. The van der Waals surface area contributed by atoms with Gasteiger partial charge in [0.2, 0.25) is 0 Å². The Morgan fingerprint density at radius 3 is 2.00 bits per heavy atom. The van der Waals surface area contributed by atoms with Crippen LogP contribution in [0.4, 0.5) is 13.2 Å². The molecule has 0 N–H and O–H groups in total. The summed E-state index contributed by atoms with van der Waals surface area (Å²) in [6.45, 7) is 0. The summed E-state index contributed by atoms with van der Waals surface area (Å²) in [6.07, 6.45) is -2.57. The Kier molecular flexibility index (Phi) is 3.89. The highest BCUT2D eigenvalue weighted by Gasteiger charge is 2.39. The molecule has 0 saturated heterocycles. The third-order valence-corrected chi connectivity index (χ3v) is 7.71. The highest BCUT2D eigenvalue weighted by Crippen LogP contribution is 2.61. The quantitative estimate of drug-likeness (QED) is 0.542. The molecule has 0 fully saturated rings. The van der Waals surface area contributed by atoms with Crippen molar-refractivity contribution in [1.82, 2.24) is 0 Å². The highest BCUT2D eigenvalue weighted by atomic mass is 31.2. The summed E-state index contributed by atoms with van der Waals surface area (Å²) >= 11 is 0. The molecule has 0 saturated carbocycles. The van der Waals surface area contributed by atoms with Gasteiger partial charge in [-0.15, -0.1) is 0 Å². The zero-order chi connectivity index (χ0) is 18.4. The number of alkyl halides is 3. The zero-order valence-corrected chi connectivity index (χ0v) is 14.5. The molecule has 0 spiro atoms. The summed E-state index contributed by atoms with van der Waals surface area (Å²) in [5.41, 5.74) is 0.669. The highest BCUT2D eigenvalue weighted by molar-refractivity contribution is 7.88. The van der Waals surface area contributed by atoms with Crippen LogP contribution in [0.2, 0.25) is 0 Å². The summed E-state index contributed by atoms with van der Waals surface area (Å²) in [7, 11) is -3.12. The summed E-state index contributed by atoms with van der Waals surface area (Å²) in [5, 5.41) is 1.97. The smallest absolute Gasteiger partial charge is 0.309 e. The van der Waals surface area contributed by atoms with Gasteiger partial charge < -0.3 is 4.57 Å². The van der Waals surface area contributed by atoms with Crippen LogP contribution >= 0.6 is 7.14 Å². The van der Waals surface area contributed by atoms with Gasteiger partial charge in [-0.3, -0.25) is 0 Å². The number of hydrogen-bond donors (Lipinski definition) is 0. The predicted molar refractivity (Wildman–Crippen MR) is 99.1 cm³/mol. The fraction of sp³-hybridized carbons (Fsp3) is 0.0476. The van der Waals surface area contributed by atoms with Crippen LogP contribution in [0.15, 0.2) is 78.9 Å². The molecule has 26 heavy (non-hydrogen) atoms. The van der Waals surface area contributed by atoms with Crippen LogP contribution in [0.3, 0.4) is 0 Å². The first-order chi connectivity index (χ1) is 12.4. The zero-order valence-electron chi connectivity index (χ0n) is 13.6. The van der Waals surface area contributed by atoms with Crippen LogP contribution < -0.4 is 10.6 Å². The van der Waals surface area contributed by atoms with E-state index in [1.165, 1.54) is 12.1 Å². The van der Waals surface area contributed by atoms with E-state index in [1.807, 2.05) is 48.5 Å². The maximum absolute atomic E-state index is 14.2. The number of hydrogen-bond acceptors (Lipinski definition) is 1. The number of rotatable bonds is 2. The average Bonchev–Trinajstić information content (AvgIpc) is 2.96. The molecule has 1 heterocycles. The number of halogens is 3. The Labute approximate surface area is 149 Å². The van der Waals surface area contributed by atoms with Gasteiger partial charge in [-0.2, -0.15) is 13.2 Å². The molecule has 130 valence electrons. The van der Waals surface area contributed by atoms with Gasteiger partial charge in [0.05, 0.1) is 5.56 Å². The summed E-state index contributed by atoms with van der Waals surface area (Å²) < 4.78 is 52.7. The molecular formula is C21H14F3OP. The van der Waals surface area contributed by atoms with Gasteiger partial charge in [0, 0.05) is 15.9 Å². The molecule has 0 aliphatic carbocycles. The molecule has 3 aromatic carbocycles. The molecule has 1 nitrogen and oxygen atoms in total. The minimum atomic E-state index is -4.39. The Balaban J connectivity index is 1.89. The molecule has 0 radical (unpaired) electrons. The van der Waals surface area contributed by atoms with Gasteiger partial charge in [0.15, 0.2) is 7.14 Å². The van der Waals surface area contributed by atoms with Crippen molar-refractivity contribution in [2.75, 3.05) is 0 Å². The fourth-order valence-electron chi connectivity index (χ4n) is 3.28. The predicted octanol–water partition coefficient (Wildman–Crippen LogP) is 5.53. The third-order valence-electron chi connectivity index (χ3n) is 4.54. The molecule has 1 unspecified atom stereocenters. The van der Waals surface area contributed by atoms with Crippen molar-refractivity contribution in [3.8, 4) is 0 Å². The van der Waals surface area contributed by atoms with Gasteiger partial charge >= 0.3 is 6.18 Å². The van der Waals surface area contributed by atoms with Crippen LogP contribution in [0.25, 0.3) is 11.4 Å². The Morgan fingerprint density at radius 1 is 0.731 bits per heavy atom. The van der Waals surface area contributed by atoms with E-state index in [-0.39, 0.29) is 0 Å². The molecule has 1 atom stereocenters. The first-order valence-electron chi connectivity index (χ1n) is 8.06. The molecule has 0 aromatic heterocycles. The summed E-state index contributed by atoms with van der Waals surface area (Å²) in [5.74, 6) is 0. The van der Waals surface area contributed by atoms with Gasteiger partial charge in [-0.1, -0.05) is 66.7 Å². The van der Waals surface area contributed by atoms with E-state index in [2.05, 4.69) is 0 Å². The second-order valence-corrected chi connectivity index (χ2v) is 8.81. The van der Waals surface area contributed by atoms with Gasteiger partial charge in [-0.25, -0.2) is 0 Å². The molecular weight excluding hydrogens is 356 g/mol. The van der Waals surface area contributed by atoms with Gasteiger partial charge in [0.1, 0.15) is 0 Å². The van der Waals surface area contributed by atoms with Crippen LogP contribution in [0.1, 0.15) is 16.7 Å². The van der Waals surface area contributed by atoms with Crippen LogP contribution in [0, 0.1) is 0 Å². The monoisotopic (exact) mass is 370 g/mol. The molecule has 4 rings (SSSR count). The largest absolute Gasteiger partial charge is 0.416 e. The first kappa shape index (κ1) is 16.9. The lowest BCUT2D eigenvalue weighted by Gasteiger charge is -2.19. The molecule has 5 heteroatoms. The van der Waals surface area contributed by atoms with E-state index in [0.717, 1.165) is 23.0 Å². The van der Waals surface area contributed by atoms with Crippen molar-refractivity contribution >= 4 is 29.1 Å². The van der Waals surface area contributed by atoms with E-state index in [0.29, 0.717) is 16.2 Å². The summed E-state index contributed by atoms with van der Waals surface area (Å²) in [4.78, 5) is 0. The van der Waals surface area contributed by atoms with E-state index in [1.54, 1.807) is 12.1 Å². The lowest BCUT2D eigenvalue weighted by Crippen LogP contribution is -2.15. The van der Waals surface area contributed by atoms with E-state index < -0.39 is 18.9 Å². The van der Waals surface area contributed by atoms with Gasteiger partial charge in [0.25, 0.3) is 0 Å². The van der Waals surface area contributed by atoms with Crippen LogP contribution in [-0.2, 0) is 10.7 Å². The molecule has 3 aromatic rings. The minimum Gasteiger partial charge on any atom is -0.309 e. The van der Waals surface area contributed by atoms with E-state index in [9.17, 15) is 17.7 Å². The lowest BCUT2D eigenvalue weighted by atomic mass is 10.1. The first-order valence-corrected chi connectivity index (χ1v) is 9.76. The Morgan fingerprint density at radius 2 is 1.35 bits per heavy atom. The van der Waals surface area contributed by atoms with Crippen molar-refractivity contribution in [3.05, 3.63) is 95.6 Å². The van der Waals surface area contributed by atoms with Crippen molar-refractivity contribution in [2.24, 2.45) is 0 Å². The average molecular weight is 370 g/mol. The van der Waals surface area contributed by atoms with Crippen LogP contribution in [-0.4, -0.2) is 0 Å². The maximum Gasteiger partial charge on any atom is 0.416 e. The second-order valence-electron chi connectivity index (χ2n) is 6.11. The van der Waals surface area contributed by atoms with E-state index in [4.69, 9.17) is 0 Å². The van der Waals surface area contributed by atoms with Crippen LogP contribution in [0.5, 0.6) is 0 Å². The molecule has 0 bridgehead atoms. The second kappa shape index (κ2) is 6.00. The number of fused-ring (bicyclic) bond motifs is 1. The topological polar surface area (TPSA) is 17.1 Å². The third kappa shape index (κ3) is 2.62. The standard InChI is InChI=1S/C21H14F3OP/c22-21(23,24)17-12-10-15(11-13-17)20-14-16-6-4-5-9-19(16)26(20,25)18-7-2-1-3-8-18/h1-14H. The molecule has 1 aliphatic heterocycles. The Bertz CT molecular complexity index is 1030. The summed E-state index contributed by atoms with van der Waals surface area (Å²) in [6, 6.07) is 21.4. The lowest BCUT2D eigenvalue weighted by molar-refractivity contribution is -0.137. The van der Waals surface area contributed by atoms with Crippen molar-refractivity contribution in [3.63, 3.8) is 0 Å². The SMILES string of the molecule is O=P1(c2ccccc2)C(c2ccc(C(F)(F)F)cc2)=Cc2ccccc21. The van der Waals surface area contributed by atoms with E-state index >= 15 is 0 Å². The van der Waals surface area contributed by atoms with Crippen molar-refractivity contribution in [2.45, 2.75) is 6.18 Å². The Hall–Kier alpha value is -2.58.